The molecule has 2 rings (SSSR count). The predicted molar refractivity (Wildman–Crippen MR) is 117 cm³/mol. The highest BCUT2D eigenvalue weighted by Crippen LogP contribution is 2.22. The van der Waals surface area contributed by atoms with E-state index in [9.17, 15) is 14.4 Å². The molecule has 0 saturated heterocycles. The number of hydrogen-bond donors (Lipinski definition) is 1. The summed E-state index contributed by atoms with van der Waals surface area (Å²) in [5.74, 6) is -0.167. The molecule has 1 aromatic carbocycles. The normalized spacial score (nSPS) is 12.1. The van der Waals surface area contributed by atoms with Crippen LogP contribution in [-0.4, -0.2) is 28.4 Å². The van der Waals surface area contributed by atoms with E-state index in [1.165, 1.54) is 5.56 Å². The van der Waals surface area contributed by atoms with Crippen LogP contribution < -0.4 is 11.0 Å². The second-order valence-electron chi connectivity index (χ2n) is 7.50. The highest BCUT2D eigenvalue weighted by atomic mass is 16.2. The number of aldehydes is 1. The lowest BCUT2D eigenvalue weighted by atomic mass is 10.0. The Balaban J connectivity index is 2.18. The molecule has 1 amide bonds. The van der Waals surface area contributed by atoms with E-state index >= 15 is 0 Å². The number of rotatable bonds is 13. The number of allylic oxidation sites excluding steroid dienone is 1. The highest BCUT2D eigenvalue weighted by molar-refractivity contribution is 5.84. The molecule has 0 aliphatic carbocycles. The summed E-state index contributed by atoms with van der Waals surface area (Å²) in [4.78, 5) is 35.7. The number of nitrogens with zero attached hydrogens (tertiary/aromatic N) is 2. The zero-order chi connectivity index (χ0) is 21.2. The predicted octanol–water partition coefficient (Wildman–Crippen LogP) is 3.68. The maximum absolute atomic E-state index is 12.9. The number of imidazole rings is 1. The Morgan fingerprint density at radius 1 is 1.14 bits per heavy atom. The fraction of sp³-hybridized carbons (Fsp3) is 0.522. The lowest BCUT2D eigenvalue weighted by Gasteiger charge is -2.16. The topological polar surface area (TPSA) is 73.1 Å². The van der Waals surface area contributed by atoms with E-state index in [-0.39, 0.29) is 11.6 Å². The number of carbonyl (C=O) groups is 2. The Kier molecular flexibility index (Phi) is 8.90. The number of nitrogens with one attached hydrogen (secondary N) is 1. The first-order chi connectivity index (χ1) is 14.0. The van der Waals surface area contributed by atoms with Crippen LogP contribution in [0.2, 0.25) is 0 Å². The van der Waals surface area contributed by atoms with Gasteiger partial charge in [-0.25, -0.2) is 4.79 Å². The first kappa shape index (κ1) is 22.7. The molecule has 0 aliphatic rings. The van der Waals surface area contributed by atoms with Crippen LogP contribution in [0.25, 0.3) is 11.0 Å². The standard InChI is InChI=1S/C23H33N3O3/c1-4-5-13-20(22(28)24-2)26-19-15-14-18(17-21(19)25(3)23(26)29)12-10-8-6-7-9-11-16-27/h4,14-17,20H,1,5-13H2,2-3H3,(H,24,28). The number of fused-ring (bicyclic) bond motifs is 1. The van der Waals surface area contributed by atoms with Crippen molar-refractivity contribution in [1.29, 1.82) is 0 Å². The Morgan fingerprint density at radius 2 is 1.86 bits per heavy atom. The highest BCUT2D eigenvalue weighted by Gasteiger charge is 2.24. The van der Waals surface area contributed by atoms with Gasteiger partial charge in [0.05, 0.1) is 11.0 Å². The third-order valence-corrected chi connectivity index (χ3v) is 5.45. The van der Waals surface area contributed by atoms with Gasteiger partial charge in [-0.15, -0.1) is 6.58 Å². The van der Waals surface area contributed by atoms with E-state index in [4.69, 9.17) is 0 Å². The van der Waals surface area contributed by atoms with Crippen molar-refractivity contribution in [3.8, 4) is 0 Å². The van der Waals surface area contributed by atoms with E-state index in [0.717, 1.165) is 55.8 Å². The van der Waals surface area contributed by atoms with Crippen LogP contribution in [0.5, 0.6) is 0 Å². The number of aryl methyl sites for hydroxylation is 2. The van der Waals surface area contributed by atoms with Crippen LogP contribution in [0.15, 0.2) is 35.6 Å². The summed E-state index contributed by atoms with van der Waals surface area (Å²) in [6.45, 7) is 3.73. The molecule has 0 saturated carbocycles. The molecule has 0 spiro atoms. The van der Waals surface area contributed by atoms with Crippen molar-refractivity contribution in [3.05, 3.63) is 46.9 Å². The monoisotopic (exact) mass is 399 g/mol. The van der Waals surface area contributed by atoms with Crippen LogP contribution in [0.4, 0.5) is 0 Å². The van der Waals surface area contributed by atoms with E-state index in [1.807, 2.05) is 6.07 Å². The minimum Gasteiger partial charge on any atom is -0.357 e. The first-order valence-electron chi connectivity index (χ1n) is 10.5. The molecule has 1 atom stereocenters. The molecule has 1 heterocycles. The van der Waals surface area contributed by atoms with Gasteiger partial charge in [-0.2, -0.15) is 0 Å². The third-order valence-electron chi connectivity index (χ3n) is 5.45. The van der Waals surface area contributed by atoms with Gasteiger partial charge in [0.15, 0.2) is 0 Å². The third kappa shape index (κ3) is 5.68. The lowest BCUT2D eigenvalue weighted by Crippen LogP contribution is -2.35. The number of likely N-dealkylation sites (N-methyl/N-ethyl adjacent to an activating group) is 1. The summed E-state index contributed by atoms with van der Waals surface area (Å²) in [7, 11) is 3.35. The van der Waals surface area contributed by atoms with Crippen molar-refractivity contribution in [2.75, 3.05) is 7.05 Å². The summed E-state index contributed by atoms with van der Waals surface area (Å²) in [5, 5.41) is 2.68. The molecule has 0 bridgehead atoms. The van der Waals surface area contributed by atoms with Crippen molar-refractivity contribution in [2.45, 2.75) is 63.8 Å². The number of carbonyl (C=O) groups excluding carboxylic acids is 2. The Hall–Kier alpha value is -2.63. The average molecular weight is 400 g/mol. The van der Waals surface area contributed by atoms with Crippen molar-refractivity contribution in [2.24, 2.45) is 7.05 Å². The number of amides is 1. The molecule has 1 N–H and O–H groups in total. The summed E-state index contributed by atoms with van der Waals surface area (Å²) in [6, 6.07) is 5.53. The maximum Gasteiger partial charge on any atom is 0.329 e. The van der Waals surface area contributed by atoms with Crippen molar-refractivity contribution in [3.63, 3.8) is 0 Å². The lowest BCUT2D eigenvalue weighted by molar-refractivity contribution is -0.124. The van der Waals surface area contributed by atoms with Crippen molar-refractivity contribution >= 4 is 23.2 Å². The van der Waals surface area contributed by atoms with Gasteiger partial charge < -0.3 is 10.1 Å². The quantitative estimate of drug-likeness (QED) is 0.317. The molecule has 0 aliphatic heterocycles. The molecular weight excluding hydrogens is 366 g/mol. The van der Waals surface area contributed by atoms with E-state index in [2.05, 4.69) is 24.0 Å². The maximum atomic E-state index is 12.9. The van der Waals surface area contributed by atoms with Gasteiger partial charge in [-0.1, -0.05) is 31.4 Å². The van der Waals surface area contributed by atoms with Crippen molar-refractivity contribution in [1.82, 2.24) is 14.5 Å². The van der Waals surface area contributed by atoms with E-state index in [0.29, 0.717) is 19.3 Å². The SMILES string of the molecule is C=CCCC(C(=O)NC)n1c(=O)n(C)c2cc(CCCCCCCC=O)ccc21. The largest absolute Gasteiger partial charge is 0.357 e. The second-order valence-corrected chi connectivity index (χ2v) is 7.50. The Labute approximate surface area is 172 Å². The first-order valence-corrected chi connectivity index (χ1v) is 10.5. The molecule has 158 valence electrons. The Morgan fingerprint density at radius 3 is 2.55 bits per heavy atom. The molecule has 6 nitrogen and oxygen atoms in total. The van der Waals surface area contributed by atoms with Crippen LogP contribution in [0.1, 0.15) is 63.0 Å². The summed E-state index contributed by atoms with van der Waals surface area (Å²) in [6.07, 6.45) is 11.0. The second kappa shape index (κ2) is 11.4. The summed E-state index contributed by atoms with van der Waals surface area (Å²) in [5.41, 5.74) is 2.66. The summed E-state index contributed by atoms with van der Waals surface area (Å²) < 4.78 is 3.23. The van der Waals surface area contributed by atoms with E-state index in [1.54, 1.807) is 29.3 Å². The molecule has 0 radical (unpaired) electrons. The number of aromatic nitrogens is 2. The van der Waals surface area contributed by atoms with Crippen LogP contribution in [0.3, 0.4) is 0 Å². The van der Waals surface area contributed by atoms with Gasteiger partial charge in [-0.05, 0) is 49.8 Å². The van der Waals surface area contributed by atoms with Gasteiger partial charge in [0, 0.05) is 20.5 Å². The van der Waals surface area contributed by atoms with Gasteiger partial charge >= 0.3 is 5.69 Å². The summed E-state index contributed by atoms with van der Waals surface area (Å²) >= 11 is 0. The fourth-order valence-electron chi connectivity index (χ4n) is 3.77. The minimum atomic E-state index is -0.550. The average Bonchev–Trinajstić information content (AvgIpc) is 2.98. The molecule has 29 heavy (non-hydrogen) atoms. The van der Waals surface area contributed by atoms with Crippen LogP contribution in [-0.2, 0) is 23.1 Å². The number of benzene rings is 1. The Bertz CT molecular complexity index is 895. The molecular formula is C23H33N3O3. The fourth-order valence-corrected chi connectivity index (χ4v) is 3.77. The minimum absolute atomic E-state index is 0.167. The number of unbranched alkanes of at least 4 members (excludes halogenated alkanes) is 5. The number of hydrogen-bond acceptors (Lipinski definition) is 3. The molecule has 6 heteroatoms. The molecule has 2 aromatic rings. The van der Waals surface area contributed by atoms with Gasteiger partial charge in [0.25, 0.3) is 0 Å². The van der Waals surface area contributed by atoms with Gasteiger partial charge in [-0.3, -0.25) is 13.9 Å². The van der Waals surface area contributed by atoms with Crippen LogP contribution >= 0.6 is 0 Å². The smallest absolute Gasteiger partial charge is 0.329 e. The molecule has 1 unspecified atom stereocenters. The zero-order valence-electron chi connectivity index (χ0n) is 17.7. The van der Waals surface area contributed by atoms with Crippen molar-refractivity contribution < 1.29 is 9.59 Å². The van der Waals surface area contributed by atoms with Crippen LogP contribution in [0, 0.1) is 0 Å². The molecule has 0 fully saturated rings. The van der Waals surface area contributed by atoms with E-state index < -0.39 is 6.04 Å². The van der Waals surface area contributed by atoms with Gasteiger partial charge in [0.2, 0.25) is 5.91 Å². The van der Waals surface area contributed by atoms with Gasteiger partial charge in [0.1, 0.15) is 12.3 Å². The zero-order valence-corrected chi connectivity index (χ0v) is 17.7. The molecule has 1 aromatic heterocycles.